The van der Waals surface area contributed by atoms with E-state index < -0.39 is 5.91 Å². The van der Waals surface area contributed by atoms with Crippen LogP contribution in [0.5, 0.6) is 0 Å². The number of rotatable bonds is 2. The number of hydrogen-bond acceptors (Lipinski definition) is 3. The Morgan fingerprint density at radius 3 is 2.43 bits per heavy atom. The van der Waals surface area contributed by atoms with Crippen molar-refractivity contribution in [2.75, 3.05) is 6.54 Å². The average Bonchev–Trinajstić information content (AvgIpc) is 2.97. The third-order valence-electron chi connectivity index (χ3n) is 4.57. The topological polar surface area (TPSA) is 80.5 Å². The molecule has 5 heteroatoms. The SMILES string of the molecule is NC(=O)c1ccc(C(=O)N2CCC(=O)C3CCCC32)cc1. The number of fused-ring (bicyclic) bond motifs is 1. The summed E-state index contributed by atoms with van der Waals surface area (Å²) in [5.41, 5.74) is 6.13. The molecule has 2 unspecified atom stereocenters. The highest BCUT2D eigenvalue weighted by Gasteiger charge is 2.42. The largest absolute Gasteiger partial charge is 0.366 e. The van der Waals surface area contributed by atoms with E-state index in [0.29, 0.717) is 29.9 Å². The van der Waals surface area contributed by atoms with Crippen molar-refractivity contribution in [3.8, 4) is 0 Å². The van der Waals surface area contributed by atoms with Crippen LogP contribution < -0.4 is 5.73 Å². The fourth-order valence-corrected chi connectivity index (χ4v) is 3.47. The summed E-state index contributed by atoms with van der Waals surface area (Å²) in [7, 11) is 0. The lowest BCUT2D eigenvalue weighted by molar-refractivity contribution is -0.126. The summed E-state index contributed by atoms with van der Waals surface area (Å²) in [4.78, 5) is 37.4. The number of ketones is 1. The molecule has 1 aliphatic carbocycles. The van der Waals surface area contributed by atoms with Crippen molar-refractivity contribution in [1.29, 1.82) is 0 Å². The van der Waals surface area contributed by atoms with Crippen LogP contribution in [-0.4, -0.2) is 35.1 Å². The minimum atomic E-state index is -0.506. The Morgan fingerprint density at radius 2 is 1.76 bits per heavy atom. The average molecular weight is 286 g/mol. The normalized spacial score (nSPS) is 24.8. The van der Waals surface area contributed by atoms with Gasteiger partial charge in [-0.05, 0) is 37.1 Å². The van der Waals surface area contributed by atoms with Crippen molar-refractivity contribution in [3.05, 3.63) is 35.4 Å². The maximum absolute atomic E-state index is 12.6. The van der Waals surface area contributed by atoms with Crippen LogP contribution in [-0.2, 0) is 4.79 Å². The van der Waals surface area contributed by atoms with Gasteiger partial charge in [-0.2, -0.15) is 0 Å². The van der Waals surface area contributed by atoms with Crippen LogP contribution >= 0.6 is 0 Å². The first kappa shape index (κ1) is 13.8. The molecule has 3 rings (SSSR count). The Morgan fingerprint density at radius 1 is 1.10 bits per heavy atom. The summed E-state index contributed by atoms with van der Waals surface area (Å²) < 4.78 is 0. The van der Waals surface area contributed by atoms with Gasteiger partial charge in [0.25, 0.3) is 5.91 Å². The van der Waals surface area contributed by atoms with Crippen LogP contribution in [0.4, 0.5) is 0 Å². The van der Waals surface area contributed by atoms with Gasteiger partial charge < -0.3 is 10.6 Å². The molecule has 21 heavy (non-hydrogen) atoms. The highest BCUT2D eigenvalue weighted by atomic mass is 16.2. The molecule has 0 aromatic heterocycles. The molecule has 0 radical (unpaired) electrons. The molecule has 110 valence electrons. The summed E-state index contributed by atoms with van der Waals surface area (Å²) in [5, 5.41) is 0. The second-order valence-corrected chi connectivity index (χ2v) is 5.76. The van der Waals surface area contributed by atoms with Crippen LogP contribution in [0.2, 0.25) is 0 Å². The number of carbonyl (C=O) groups excluding carboxylic acids is 3. The van der Waals surface area contributed by atoms with Gasteiger partial charge in [-0.25, -0.2) is 0 Å². The quantitative estimate of drug-likeness (QED) is 0.891. The van der Waals surface area contributed by atoms with Gasteiger partial charge in [0, 0.05) is 36.1 Å². The zero-order chi connectivity index (χ0) is 15.0. The first-order chi connectivity index (χ1) is 10.1. The van der Waals surface area contributed by atoms with Crippen LogP contribution in [0.1, 0.15) is 46.4 Å². The summed E-state index contributed by atoms with van der Waals surface area (Å²) in [5.74, 6) is -0.248. The molecule has 2 fully saturated rings. The highest BCUT2D eigenvalue weighted by Crippen LogP contribution is 2.35. The number of Topliss-reactive ketones (excluding diaryl/α,β-unsaturated/α-hetero) is 1. The number of piperidine rings is 1. The fraction of sp³-hybridized carbons (Fsp3) is 0.438. The van der Waals surface area contributed by atoms with Crippen molar-refractivity contribution in [1.82, 2.24) is 4.90 Å². The molecule has 2 aliphatic rings. The number of likely N-dealkylation sites (tertiary alicyclic amines) is 1. The Bertz CT molecular complexity index is 594. The lowest BCUT2D eigenvalue weighted by Gasteiger charge is -2.37. The van der Waals surface area contributed by atoms with E-state index in [0.717, 1.165) is 19.3 Å². The first-order valence-electron chi connectivity index (χ1n) is 7.31. The van der Waals surface area contributed by atoms with Crippen molar-refractivity contribution >= 4 is 17.6 Å². The molecule has 1 aromatic rings. The Hall–Kier alpha value is -2.17. The fourth-order valence-electron chi connectivity index (χ4n) is 3.47. The molecule has 2 amide bonds. The van der Waals surface area contributed by atoms with Crippen LogP contribution in [0.25, 0.3) is 0 Å². The third kappa shape index (κ3) is 2.44. The molecule has 5 nitrogen and oxygen atoms in total. The maximum atomic E-state index is 12.6. The van der Waals surface area contributed by atoms with E-state index in [1.54, 1.807) is 24.3 Å². The number of hydrogen-bond donors (Lipinski definition) is 1. The highest BCUT2D eigenvalue weighted by molar-refractivity contribution is 5.98. The summed E-state index contributed by atoms with van der Waals surface area (Å²) in [6.45, 7) is 0.496. The Kier molecular flexibility index (Phi) is 3.49. The molecule has 2 atom stereocenters. The van der Waals surface area contributed by atoms with Crippen molar-refractivity contribution in [2.24, 2.45) is 11.7 Å². The van der Waals surface area contributed by atoms with Crippen LogP contribution in [0, 0.1) is 5.92 Å². The third-order valence-corrected chi connectivity index (χ3v) is 4.57. The maximum Gasteiger partial charge on any atom is 0.254 e. The standard InChI is InChI=1S/C16H18N2O3/c17-15(20)10-4-6-11(7-5-10)16(21)18-9-8-14(19)12-2-1-3-13(12)18/h4-7,12-13H,1-3,8-9H2,(H2,17,20). The van der Waals surface area contributed by atoms with E-state index in [1.807, 2.05) is 4.90 Å². The molecule has 1 aliphatic heterocycles. The minimum absolute atomic E-state index is 0.0209. The molecular weight excluding hydrogens is 268 g/mol. The zero-order valence-electron chi connectivity index (χ0n) is 11.7. The van der Waals surface area contributed by atoms with Crippen LogP contribution in [0.3, 0.4) is 0 Å². The Balaban J connectivity index is 1.81. The molecule has 0 spiro atoms. The number of nitrogens with zero attached hydrogens (tertiary/aromatic N) is 1. The van der Waals surface area contributed by atoms with Gasteiger partial charge >= 0.3 is 0 Å². The number of amides is 2. The summed E-state index contributed by atoms with van der Waals surface area (Å²) in [6, 6.07) is 6.44. The van der Waals surface area contributed by atoms with Crippen molar-refractivity contribution < 1.29 is 14.4 Å². The second kappa shape index (κ2) is 5.31. The number of primary amides is 1. The van der Waals surface area contributed by atoms with E-state index in [-0.39, 0.29) is 17.9 Å². The molecule has 0 bridgehead atoms. The van der Waals surface area contributed by atoms with Gasteiger partial charge in [0.05, 0.1) is 0 Å². The molecule has 1 heterocycles. The van der Waals surface area contributed by atoms with Gasteiger partial charge in [0.15, 0.2) is 0 Å². The predicted octanol–water partition coefficient (Wildman–Crippen LogP) is 1.37. The minimum Gasteiger partial charge on any atom is -0.366 e. The van der Waals surface area contributed by atoms with E-state index >= 15 is 0 Å². The first-order valence-corrected chi connectivity index (χ1v) is 7.31. The van der Waals surface area contributed by atoms with E-state index in [1.165, 1.54) is 0 Å². The Labute approximate surface area is 123 Å². The molecule has 2 N–H and O–H groups in total. The smallest absolute Gasteiger partial charge is 0.254 e. The summed E-state index contributed by atoms with van der Waals surface area (Å²) in [6.07, 6.45) is 3.26. The van der Waals surface area contributed by atoms with E-state index in [2.05, 4.69) is 0 Å². The molecule has 1 aromatic carbocycles. The van der Waals surface area contributed by atoms with Gasteiger partial charge in [-0.1, -0.05) is 6.42 Å². The van der Waals surface area contributed by atoms with E-state index in [4.69, 9.17) is 5.73 Å². The van der Waals surface area contributed by atoms with Gasteiger partial charge in [-0.15, -0.1) is 0 Å². The monoisotopic (exact) mass is 286 g/mol. The van der Waals surface area contributed by atoms with E-state index in [9.17, 15) is 14.4 Å². The number of nitrogens with two attached hydrogens (primary N) is 1. The molecule has 1 saturated heterocycles. The lowest BCUT2D eigenvalue weighted by atomic mass is 9.90. The van der Waals surface area contributed by atoms with Gasteiger partial charge in [0.2, 0.25) is 5.91 Å². The number of benzene rings is 1. The lowest BCUT2D eigenvalue weighted by Crippen LogP contribution is -2.49. The number of carbonyl (C=O) groups is 3. The van der Waals surface area contributed by atoms with Crippen LogP contribution in [0.15, 0.2) is 24.3 Å². The van der Waals surface area contributed by atoms with Crippen molar-refractivity contribution in [2.45, 2.75) is 31.7 Å². The summed E-state index contributed by atoms with van der Waals surface area (Å²) >= 11 is 0. The van der Waals surface area contributed by atoms with Crippen molar-refractivity contribution in [3.63, 3.8) is 0 Å². The molecular formula is C16H18N2O3. The van der Waals surface area contributed by atoms with Gasteiger partial charge in [0.1, 0.15) is 5.78 Å². The predicted molar refractivity (Wildman–Crippen MR) is 76.7 cm³/mol. The molecule has 1 saturated carbocycles. The second-order valence-electron chi connectivity index (χ2n) is 5.76. The zero-order valence-corrected chi connectivity index (χ0v) is 11.7. The van der Waals surface area contributed by atoms with Gasteiger partial charge in [-0.3, -0.25) is 14.4 Å².